The Balaban J connectivity index is 1.66. The van der Waals surface area contributed by atoms with Gasteiger partial charge in [0.2, 0.25) is 0 Å². The summed E-state index contributed by atoms with van der Waals surface area (Å²) in [6, 6.07) is 9.33. The third-order valence-electron chi connectivity index (χ3n) is 3.80. The number of nitrogens with one attached hydrogen (secondary N) is 1. The van der Waals surface area contributed by atoms with Crippen LogP contribution < -0.4 is 10.2 Å². The number of nitrogens with zero attached hydrogens (tertiary/aromatic N) is 2. The Morgan fingerprint density at radius 3 is 2.91 bits per heavy atom. The van der Waals surface area contributed by atoms with Gasteiger partial charge in [0, 0.05) is 36.8 Å². The van der Waals surface area contributed by atoms with E-state index in [-0.39, 0.29) is 18.5 Å². The lowest BCUT2D eigenvalue weighted by atomic mass is 10.1. The Morgan fingerprint density at radius 2 is 2.17 bits per heavy atom. The van der Waals surface area contributed by atoms with Gasteiger partial charge >= 0.3 is 0 Å². The van der Waals surface area contributed by atoms with Crippen LogP contribution in [-0.4, -0.2) is 36.3 Å². The molecule has 1 aliphatic rings. The molecule has 4 nitrogen and oxygen atoms in total. The summed E-state index contributed by atoms with van der Waals surface area (Å²) in [6.07, 6.45) is 1.87. The van der Waals surface area contributed by atoms with Crippen LogP contribution in [0.3, 0.4) is 0 Å². The average molecular weight is 311 g/mol. The molecule has 1 aromatic carbocycles. The molecule has 1 aromatic heterocycles. The van der Waals surface area contributed by atoms with Crippen molar-refractivity contribution >= 4 is 11.5 Å². The Kier molecular flexibility index (Phi) is 4.45. The molecule has 2 aromatic rings. The van der Waals surface area contributed by atoms with E-state index in [2.05, 4.69) is 22.1 Å². The first-order valence-corrected chi connectivity index (χ1v) is 7.50. The van der Waals surface area contributed by atoms with Crippen molar-refractivity contribution in [1.82, 2.24) is 4.98 Å². The molecule has 5 heteroatoms. The highest BCUT2D eigenvalue weighted by molar-refractivity contribution is 5.55. The van der Waals surface area contributed by atoms with Gasteiger partial charge in [0.25, 0.3) is 0 Å². The van der Waals surface area contributed by atoms with E-state index in [1.54, 1.807) is 0 Å². The number of likely N-dealkylation sites (N-methyl/N-ethyl adjacent to an activating group) is 1. The SMILES string of the molecule is CN(CCO)c1ccc(C#CC2Cc3cc(F)cnc3N2)cc1. The zero-order valence-electron chi connectivity index (χ0n) is 12.9. The quantitative estimate of drug-likeness (QED) is 0.852. The van der Waals surface area contributed by atoms with Crippen LogP contribution in [0.1, 0.15) is 11.1 Å². The molecule has 1 unspecified atom stereocenters. The molecule has 0 saturated heterocycles. The van der Waals surface area contributed by atoms with Gasteiger partial charge in [-0.2, -0.15) is 0 Å². The van der Waals surface area contributed by atoms with E-state index in [1.807, 2.05) is 36.2 Å². The molecular formula is C18H18FN3O. The molecule has 118 valence electrons. The van der Waals surface area contributed by atoms with Gasteiger partial charge in [-0.15, -0.1) is 0 Å². The average Bonchev–Trinajstić information content (AvgIpc) is 2.95. The summed E-state index contributed by atoms with van der Waals surface area (Å²) in [6.45, 7) is 0.722. The van der Waals surface area contributed by atoms with Crippen LogP contribution in [0.2, 0.25) is 0 Å². The topological polar surface area (TPSA) is 48.4 Å². The van der Waals surface area contributed by atoms with Crippen LogP contribution in [0.4, 0.5) is 15.9 Å². The molecule has 0 bridgehead atoms. The molecule has 2 heterocycles. The fourth-order valence-corrected chi connectivity index (χ4v) is 2.54. The zero-order chi connectivity index (χ0) is 16.2. The van der Waals surface area contributed by atoms with E-state index in [0.717, 1.165) is 16.8 Å². The first kappa shape index (κ1) is 15.3. The van der Waals surface area contributed by atoms with Crippen molar-refractivity contribution < 1.29 is 9.50 Å². The lowest BCUT2D eigenvalue weighted by Crippen LogP contribution is -2.20. The van der Waals surface area contributed by atoms with Gasteiger partial charge in [-0.25, -0.2) is 9.37 Å². The van der Waals surface area contributed by atoms with Crippen molar-refractivity contribution in [3.8, 4) is 11.8 Å². The molecule has 0 fully saturated rings. The highest BCUT2D eigenvalue weighted by atomic mass is 19.1. The molecule has 23 heavy (non-hydrogen) atoms. The van der Waals surface area contributed by atoms with Crippen molar-refractivity contribution in [2.75, 3.05) is 30.4 Å². The first-order chi connectivity index (χ1) is 11.2. The minimum absolute atomic E-state index is 0.0453. The largest absolute Gasteiger partial charge is 0.395 e. The second-order valence-electron chi connectivity index (χ2n) is 5.52. The fraction of sp³-hybridized carbons (Fsp3) is 0.278. The van der Waals surface area contributed by atoms with Gasteiger partial charge in [-0.05, 0) is 30.3 Å². The van der Waals surface area contributed by atoms with Gasteiger partial charge < -0.3 is 15.3 Å². The molecule has 0 amide bonds. The number of aromatic nitrogens is 1. The summed E-state index contributed by atoms with van der Waals surface area (Å²) >= 11 is 0. The summed E-state index contributed by atoms with van der Waals surface area (Å²) in [7, 11) is 1.93. The summed E-state index contributed by atoms with van der Waals surface area (Å²) in [4.78, 5) is 6.01. The van der Waals surface area contributed by atoms with Crippen molar-refractivity contribution in [3.05, 3.63) is 53.5 Å². The Bertz CT molecular complexity index is 749. The van der Waals surface area contributed by atoms with Crippen molar-refractivity contribution in [1.29, 1.82) is 0 Å². The number of rotatable bonds is 3. The normalized spacial score (nSPS) is 15.3. The maximum atomic E-state index is 13.2. The first-order valence-electron chi connectivity index (χ1n) is 7.50. The third kappa shape index (κ3) is 3.61. The van der Waals surface area contributed by atoms with E-state index in [9.17, 15) is 4.39 Å². The van der Waals surface area contributed by atoms with Gasteiger partial charge in [-0.3, -0.25) is 0 Å². The summed E-state index contributed by atoms with van der Waals surface area (Å²) in [5.41, 5.74) is 2.82. The maximum Gasteiger partial charge on any atom is 0.141 e. The number of anilines is 2. The molecule has 2 N–H and O–H groups in total. The standard InChI is InChI=1S/C18H18FN3O/c1-22(8-9-23)17-6-3-13(4-7-17)2-5-16-11-14-10-15(19)12-20-18(14)21-16/h3-4,6-7,10,12,16,23H,8-9,11H2,1H3,(H,20,21). The van der Waals surface area contributed by atoms with Crippen LogP contribution in [0.25, 0.3) is 0 Å². The maximum absolute atomic E-state index is 13.2. The van der Waals surface area contributed by atoms with Crippen LogP contribution in [0.15, 0.2) is 36.5 Å². The lowest BCUT2D eigenvalue weighted by Gasteiger charge is -2.17. The van der Waals surface area contributed by atoms with Gasteiger partial charge in [0.15, 0.2) is 0 Å². The van der Waals surface area contributed by atoms with Gasteiger partial charge in [-0.1, -0.05) is 11.8 Å². The molecule has 1 aliphatic heterocycles. The summed E-state index contributed by atoms with van der Waals surface area (Å²) in [5.74, 6) is 6.69. The number of benzene rings is 1. The van der Waals surface area contributed by atoms with Gasteiger partial charge in [0.05, 0.1) is 18.8 Å². The number of aliphatic hydroxyl groups is 1. The van der Waals surface area contributed by atoms with Crippen LogP contribution in [0, 0.1) is 17.7 Å². The van der Waals surface area contributed by atoms with Crippen molar-refractivity contribution in [2.45, 2.75) is 12.5 Å². The van der Waals surface area contributed by atoms with Crippen molar-refractivity contribution in [3.63, 3.8) is 0 Å². The Hall–Kier alpha value is -2.58. The number of pyridine rings is 1. The number of halogens is 1. The van der Waals surface area contributed by atoms with Crippen LogP contribution in [0.5, 0.6) is 0 Å². The van der Waals surface area contributed by atoms with E-state index in [0.29, 0.717) is 18.8 Å². The molecule has 3 rings (SSSR count). The van der Waals surface area contributed by atoms with E-state index in [1.165, 1.54) is 12.3 Å². The van der Waals surface area contributed by atoms with Crippen LogP contribution >= 0.6 is 0 Å². The number of hydrogen-bond donors (Lipinski definition) is 2. The molecule has 0 radical (unpaired) electrons. The number of hydrogen-bond acceptors (Lipinski definition) is 4. The smallest absolute Gasteiger partial charge is 0.141 e. The zero-order valence-corrected chi connectivity index (χ0v) is 12.9. The second kappa shape index (κ2) is 6.67. The fourth-order valence-electron chi connectivity index (χ4n) is 2.54. The number of aliphatic hydroxyl groups excluding tert-OH is 1. The van der Waals surface area contributed by atoms with E-state index < -0.39 is 0 Å². The highest BCUT2D eigenvalue weighted by Crippen LogP contribution is 2.23. The van der Waals surface area contributed by atoms with Crippen molar-refractivity contribution in [2.24, 2.45) is 0 Å². The molecule has 0 saturated carbocycles. The van der Waals surface area contributed by atoms with Crippen LogP contribution in [-0.2, 0) is 6.42 Å². The predicted octanol–water partition coefficient (Wildman–Crippen LogP) is 2.04. The second-order valence-corrected chi connectivity index (χ2v) is 5.52. The minimum Gasteiger partial charge on any atom is -0.395 e. The third-order valence-corrected chi connectivity index (χ3v) is 3.80. The molecule has 1 atom stereocenters. The van der Waals surface area contributed by atoms with E-state index in [4.69, 9.17) is 5.11 Å². The minimum atomic E-state index is -0.318. The monoisotopic (exact) mass is 311 g/mol. The Morgan fingerprint density at radius 1 is 1.39 bits per heavy atom. The lowest BCUT2D eigenvalue weighted by molar-refractivity contribution is 0.304. The molecule has 0 aliphatic carbocycles. The summed E-state index contributed by atoms with van der Waals surface area (Å²) in [5, 5.41) is 12.1. The highest BCUT2D eigenvalue weighted by Gasteiger charge is 2.20. The van der Waals surface area contributed by atoms with Gasteiger partial charge in [0.1, 0.15) is 11.6 Å². The predicted molar refractivity (Wildman–Crippen MR) is 89.0 cm³/mol. The Labute approximate surface area is 135 Å². The number of fused-ring (bicyclic) bond motifs is 1. The molecular weight excluding hydrogens is 293 g/mol. The molecule has 0 spiro atoms. The van der Waals surface area contributed by atoms with E-state index >= 15 is 0 Å². The summed E-state index contributed by atoms with van der Waals surface area (Å²) < 4.78 is 13.2.